The van der Waals surface area contributed by atoms with E-state index in [-0.39, 0.29) is 22.7 Å². The second-order valence-electron chi connectivity index (χ2n) is 6.31. The highest BCUT2D eigenvalue weighted by molar-refractivity contribution is 6.31. The summed E-state index contributed by atoms with van der Waals surface area (Å²) in [6.07, 6.45) is 1.50. The van der Waals surface area contributed by atoms with Gasteiger partial charge in [0, 0.05) is 22.5 Å². The monoisotopic (exact) mass is 384 g/mol. The van der Waals surface area contributed by atoms with Gasteiger partial charge in [-0.15, -0.1) is 0 Å². The molecule has 0 saturated carbocycles. The van der Waals surface area contributed by atoms with Crippen molar-refractivity contribution >= 4 is 23.2 Å². The normalized spacial score (nSPS) is 10.7. The van der Waals surface area contributed by atoms with E-state index < -0.39 is 17.3 Å². The molecule has 27 heavy (non-hydrogen) atoms. The highest BCUT2D eigenvalue weighted by Crippen LogP contribution is 2.19. The van der Waals surface area contributed by atoms with Crippen LogP contribution in [0.1, 0.15) is 27.0 Å². The quantitative estimate of drug-likeness (QED) is 0.717. The summed E-state index contributed by atoms with van der Waals surface area (Å²) >= 11 is 6.03. The Balaban J connectivity index is 1.89. The van der Waals surface area contributed by atoms with Crippen LogP contribution in [0.3, 0.4) is 0 Å². The average Bonchev–Trinajstić information content (AvgIpc) is 2.62. The zero-order valence-corrected chi connectivity index (χ0v) is 15.7. The molecule has 6 heteroatoms. The Bertz CT molecular complexity index is 1060. The third-order valence-corrected chi connectivity index (χ3v) is 4.77. The van der Waals surface area contributed by atoms with E-state index >= 15 is 0 Å². The van der Waals surface area contributed by atoms with Gasteiger partial charge in [-0.05, 0) is 61.4 Å². The number of amides is 1. The number of nitrogens with zero attached hydrogens (tertiary/aromatic N) is 1. The molecule has 0 spiro atoms. The van der Waals surface area contributed by atoms with Gasteiger partial charge in [-0.1, -0.05) is 23.7 Å². The third kappa shape index (κ3) is 4.09. The summed E-state index contributed by atoms with van der Waals surface area (Å²) in [4.78, 5) is 25.2. The van der Waals surface area contributed by atoms with Crippen molar-refractivity contribution in [3.05, 3.63) is 98.2 Å². The highest BCUT2D eigenvalue weighted by atomic mass is 35.5. The fourth-order valence-corrected chi connectivity index (χ4v) is 2.93. The summed E-state index contributed by atoms with van der Waals surface area (Å²) in [6.45, 7) is 3.86. The summed E-state index contributed by atoms with van der Waals surface area (Å²) in [6, 6.07) is 12.9. The van der Waals surface area contributed by atoms with E-state index in [4.69, 9.17) is 11.6 Å². The molecular weight excluding hydrogens is 367 g/mol. The van der Waals surface area contributed by atoms with Crippen molar-refractivity contribution in [2.24, 2.45) is 0 Å². The number of benzene rings is 2. The SMILES string of the molecule is Cc1ccc(NC(=O)c2cccn(Cc3c(F)cccc3Cl)c2=O)cc1C. The van der Waals surface area contributed by atoms with E-state index in [0.29, 0.717) is 5.69 Å². The van der Waals surface area contributed by atoms with Crippen LogP contribution in [-0.4, -0.2) is 10.5 Å². The Morgan fingerprint density at radius 2 is 1.89 bits per heavy atom. The zero-order valence-electron chi connectivity index (χ0n) is 14.9. The summed E-state index contributed by atoms with van der Waals surface area (Å²) < 4.78 is 15.3. The number of rotatable bonds is 4. The first-order valence-electron chi connectivity index (χ1n) is 8.38. The van der Waals surface area contributed by atoms with Crippen molar-refractivity contribution in [3.63, 3.8) is 0 Å². The number of pyridine rings is 1. The van der Waals surface area contributed by atoms with Crippen molar-refractivity contribution in [2.75, 3.05) is 5.32 Å². The van der Waals surface area contributed by atoms with Gasteiger partial charge in [0.25, 0.3) is 11.5 Å². The van der Waals surface area contributed by atoms with E-state index in [2.05, 4.69) is 5.32 Å². The van der Waals surface area contributed by atoms with Crippen molar-refractivity contribution in [3.8, 4) is 0 Å². The summed E-state index contributed by atoms with van der Waals surface area (Å²) in [7, 11) is 0. The molecule has 3 rings (SSSR count). The minimum absolute atomic E-state index is 0.0248. The predicted molar refractivity (Wildman–Crippen MR) is 105 cm³/mol. The summed E-state index contributed by atoms with van der Waals surface area (Å²) in [5, 5.41) is 2.96. The molecule has 0 radical (unpaired) electrons. The first kappa shape index (κ1) is 18.9. The molecule has 2 aromatic carbocycles. The standard InChI is InChI=1S/C21H18ClFN2O2/c1-13-8-9-15(11-14(13)2)24-20(26)16-5-4-10-25(21(16)27)12-17-18(22)6-3-7-19(17)23/h3-11H,12H2,1-2H3,(H,24,26). The Morgan fingerprint density at radius 1 is 1.11 bits per heavy atom. The van der Waals surface area contributed by atoms with Gasteiger partial charge in [0.1, 0.15) is 11.4 Å². The zero-order chi connectivity index (χ0) is 19.6. The summed E-state index contributed by atoms with van der Waals surface area (Å²) in [5.41, 5.74) is 2.41. The number of anilines is 1. The maximum absolute atomic E-state index is 14.0. The average molecular weight is 385 g/mol. The van der Waals surface area contributed by atoms with Gasteiger partial charge < -0.3 is 9.88 Å². The maximum atomic E-state index is 14.0. The van der Waals surface area contributed by atoms with Crippen LogP contribution in [0.4, 0.5) is 10.1 Å². The molecule has 1 aromatic heterocycles. The predicted octanol–water partition coefficient (Wildman–Crippen LogP) is 4.56. The molecule has 1 amide bonds. The smallest absolute Gasteiger partial charge is 0.263 e. The number of aryl methyl sites for hydroxylation is 2. The summed E-state index contributed by atoms with van der Waals surface area (Å²) in [5.74, 6) is -1.02. The van der Waals surface area contributed by atoms with Gasteiger partial charge in [-0.2, -0.15) is 0 Å². The van der Waals surface area contributed by atoms with Crippen LogP contribution in [0.15, 0.2) is 59.5 Å². The van der Waals surface area contributed by atoms with E-state index in [1.54, 1.807) is 18.2 Å². The number of halogens is 2. The molecule has 0 aliphatic rings. The van der Waals surface area contributed by atoms with E-state index in [1.165, 1.54) is 29.0 Å². The lowest BCUT2D eigenvalue weighted by molar-refractivity contribution is 0.102. The van der Waals surface area contributed by atoms with Crippen LogP contribution in [0, 0.1) is 19.7 Å². The fraction of sp³-hybridized carbons (Fsp3) is 0.143. The first-order chi connectivity index (χ1) is 12.9. The number of hydrogen-bond acceptors (Lipinski definition) is 2. The molecule has 0 fully saturated rings. The Labute approximate surface area is 161 Å². The molecule has 0 bridgehead atoms. The van der Waals surface area contributed by atoms with Crippen LogP contribution in [0.2, 0.25) is 5.02 Å². The van der Waals surface area contributed by atoms with Crippen LogP contribution in [0.25, 0.3) is 0 Å². The van der Waals surface area contributed by atoms with Gasteiger partial charge in [0.2, 0.25) is 0 Å². The largest absolute Gasteiger partial charge is 0.322 e. The number of nitrogens with one attached hydrogen (secondary N) is 1. The number of aromatic nitrogens is 1. The lowest BCUT2D eigenvalue weighted by Gasteiger charge is -2.11. The molecule has 1 N–H and O–H groups in total. The number of carbonyl (C=O) groups is 1. The highest BCUT2D eigenvalue weighted by Gasteiger charge is 2.15. The number of hydrogen-bond donors (Lipinski definition) is 1. The first-order valence-corrected chi connectivity index (χ1v) is 8.75. The molecular formula is C21H18ClFN2O2. The van der Waals surface area contributed by atoms with E-state index in [1.807, 2.05) is 26.0 Å². The molecule has 1 heterocycles. The molecule has 0 aliphatic heterocycles. The maximum Gasteiger partial charge on any atom is 0.263 e. The molecule has 138 valence electrons. The van der Waals surface area contributed by atoms with E-state index in [0.717, 1.165) is 11.1 Å². The Kier molecular flexibility index (Phi) is 5.42. The molecule has 3 aromatic rings. The minimum atomic E-state index is -0.516. The number of carbonyl (C=O) groups excluding carboxylic acids is 1. The van der Waals surface area contributed by atoms with Crippen molar-refractivity contribution in [1.82, 2.24) is 4.57 Å². The molecule has 4 nitrogen and oxygen atoms in total. The van der Waals surface area contributed by atoms with Crippen LogP contribution in [0.5, 0.6) is 0 Å². The van der Waals surface area contributed by atoms with Gasteiger partial charge in [-0.3, -0.25) is 9.59 Å². The van der Waals surface area contributed by atoms with Gasteiger partial charge in [0.05, 0.1) is 6.54 Å². The van der Waals surface area contributed by atoms with Gasteiger partial charge in [0.15, 0.2) is 0 Å². The van der Waals surface area contributed by atoms with Crippen LogP contribution < -0.4 is 10.9 Å². The fourth-order valence-electron chi connectivity index (χ4n) is 2.71. The lowest BCUT2D eigenvalue weighted by atomic mass is 10.1. The third-order valence-electron chi connectivity index (χ3n) is 4.42. The van der Waals surface area contributed by atoms with Crippen LogP contribution in [-0.2, 0) is 6.54 Å². The van der Waals surface area contributed by atoms with Gasteiger partial charge >= 0.3 is 0 Å². The molecule has 0 saturated heterocycles. The lowest BCUT2D eigenvalue weighted by Crippen LogP contribution is -2.29. The Morgan fingerprint density at radius 3 is 2.59 bits per heavy atom. The topological polar surface area (TPSA) is 51.1 Å². The minimum Gasteiger partial charge on any atom is -0.322 e. The second kappa shape index (κ2) is 7.76. The van der Waals surface area contributed by atoms with Crippen molar-refractivity contribution in [2.45, 2.75) is 20.4 Å². The van der Waals surface area contributed by atoms with Crippen LogP contribution >= 0.6 is 11.6 Å². The molecule has 0 unspecified atom stereocenters. The Hall–Kier alpha value is -2.92. The van der Waals surface area contributed by atoms with Gasteiger partial charge in [-0.25, -0.2) is 4.39 Å². The second-order valence-corrected chi connectivity index (χ2v) is 6.72. The van der Waals surface area contributed by atoms with E-state index in [9.17, 15) is 14.0 Å². The molecule has 0 aliphatic carbocycles. The molecule has 0 atom stereocenters. The van der Waals surface area contributed by atoms with Crippen molar-refractivity contribution in [1.29, 1.82) is 0 Å². The van der Waals surface area contributed by atoms with Crippen molar-refractivity contribution < 1.29 is 9.18 Å².